The van der Waals surface area contributed by atoms with Gasteiger partial charge in [0.25, 0.3) is 0 Å². The maximum atomic E-state index is 2.48. The summed E-state index contributed by atoms with van der Waals surface area (Å²) in [6.45, 7) is 4.40. The predicted molar refractivity (Wildman–Crippen MR) is 79.4 cm³/mol. The molecule has 2 heteroatoms. The number of hydrogen-bond donors (Lipinski definition) is 0. The van der Waals surface area contributed by atoms with Crippen molar-refractivity contribution in [3.63, 3.8) is 0 Å². The average molecular weight is 255 g/mol. The minimum atomic E-state index is 0.543. The van der Waals surface area contributed by atoms with Crippen molar-refractivity contribution in [1.82, 2.24) is 0 Å². The van der Waals surface area contributed by atoms with E-state index >= 15 is 0 Å². The summed E-state index contributed by atoms with van der Waals surface area (Å²) in [6, 6.07) is 19.5. The third-order valence-electron chi connectivity index (χ3n) is 3.41. The molecule has 3 rings (SSSR count). The Balaban J connectivity index is 1.95. The molecule has 0 bridgehead atoms. The van der Waals surface area contributed by atoms with Gasteiger partial charge in [-0.15, -0.1) is 11.8 Å². The summed E-state index contributed by atoms with van der Waals surface area (Å²) in [5.74, 6) is 0. The minimum absolute atomic E-state index is 0.543. The zero-order chi connectivity index (χ0) is 12.4. The number of benzene rings is 2. The number of thioether (sulfide) groups is 1. The van der Waals surface area contributed by atoms with E-state index < -0.39 is 0 Å². The lowest BCUT2D eigenvalue weighted by Crippen LogP contribution is -2.30. The predicted octanol–water partition coefficient (Wildman–Crippen LogP) is 4.36. The number of rotatable bonds is 2. The van der Waals surface area contributed by atoms with Gasteiger partial charge in [0.15, 0.2) is 0 Å². The van der Waals surface area contributed by atoms with Crippen molar-refractivity contribution in [2.45, 2.75) is 17.1 Å². The molecule has 0 radical (unpaired) electrons. The van der Waals surface area contributed by atoms with Gasteiger partial charge < -0.3 is 4.90 Å². The smallest absolute Gasteiger partial charge is 0.0520 e. The highest BCUT2D eigenvalue weighted by Gasteiger charge is 2.24. The lowest BCUT2D eigenvalue weighted by molar-refractivity contribution is 0.775. The number of fused-ring (bicyclic) bond motifs is 1. The summed E-state index contributed by atoms with van der Waals surface area (Å²) >= 11 is 1.99. The second-order valence-corrected chi connectivity index (χ2v) is 5.77. The minimum Gasteiger partial charge on any atom is -0.369 e. The summed E-state index contributed by atoms with van der Waals surface area (Å²) in [6.07, 6.45) is 0. The third kappa shape index (κ3) is 2.13. The first-order valence-electron chi connectivity index (χ1n) is 6.44. The molecule has 2 aromatic carbocycles. The van der Waals surface area contributed by atoms with E-state index in [2.05, 4.69) is 66.4 Å². The molecule has 0 amide bonds. The molecule has 1 heterocycles. The van der Waals surface area contributed by atoms with Crippen molar-refractivity contribution < 1.29 is 0 Å². The summed E-state index contributed by atoms with van der Waals surface area (Å²) in [7, 11) is 0. The first-order valence-corrected chi connectivity index (χ1v) is 7.32. The third-order valence-corrected chi connectivity index (χ3v) is 4.72. The largest absolute Gasteiger partial charge is 0.369 e. The van der Waals surface area contributed by atoms with Gasteiger partial charge in [0.1, 0.15) is 0 Å². The summed E-state index contributed by atoms with van der Waals surface area (Å²) < 4.78 is 0. The fraction of sp³-hybridized carbons (Fsp3) is 0.250. The van der Waals surface area contributed by atoms with Crippen LogP contribution in [0.3, 0.4) is 0 Å². The van der Waals surface area contributed by atoms with Crippen LogP contribution in [0.1, 0.15) is 17.7 Å². The Labute approximate surface area is 113 Å². The van der Waals surface area contributed by atoms with Crippen LogP contribution >= 0.6 is 11.8 Å². The number of para-hydroxylation sites is 1. The molecular formula is C16H17NS. The molecule has 0 saturated heterocycles. The van der Waals surface area contributed by atoms with Crippen molar-refractivity contribution in [2.75, 3.05) is 18.0 Å². The number of likely N-dealkylation sites (N-methyl/N-ethyl adjacent to an activating group) is 1. The zero-order valence-corrected chi connectivity index (χ0v) is 11.4. The lowest BCUT2D eigenvalue weighted by Gasteiger charge is -2.35. The summed E-state index contributed by atoms with van der Waals surface area (Å²) in [4.78, 5) is 3.88. The molecule has 0 spiro atoms. The second-order valence-electron chi connectivity index (χ2n) is 4.52. The van der Waals surface area contributed by atoms with Gasteiger partial charge in [-0.1, -0.05) is 42.5 Å². The van der Waals surface area contributed by atoms with E-state index in [0.29, 0.717) is 5.25 Å². The Hall–Kier alpha value is -1.41. The Morgan fingerprint density at radius 2 is 1.78 bits per heavy atom. The van der Waals surface area contributed by atoms with Gasteiger partial charge in [-0.3, -0.25) is 0 Å². The van der Waals surface area contributed by atoms with Crippen LogP contribution in [0.2, 0.25) is 0 Å². The molecule has 1 aliphatic heterocycles. The van der Waals surface area contributed by atoms with E-state index in [4.69, 9.17) is 0 Å². The maximum Gasteiger partial charge on any atom is 0.0520 e. The fourth-order valence-corrected chi connectivity index (χ4v) is 3.78. The topological polar surface area (TPSA) is 3.24 Å². The van der Waals surface area contributed by atoms with Gasteiger partial charge in [-0.05, 0) is 24.6 Å². The SMILES string of the molecule is CCN1CC(c2ccccc2)Sc2ccccc21. The standard InChI is InChI=1S/C16H17NS/c1-2-17-12-16(13-8-4-3-5-9-13)18-15-11-7-6-10-14(15)17/h3-11,16H,2,12H2,1H3. The van der Waals surface area contributed by atoms with Crippen molar-refractivity contribution in [2.24, 2.45) is 0 Å². The molecule has 0 aromatic heterocycles. The van der Waals surface area contributed by atoms with Crippen LogP contribution in [0.25, 0.3) is 0 Å². The Morgan fingerprint density at radius 1 is 1.06 bits per heavy atom. The fourth-order valence-electron chi connectivity index (χ4n) is 2.45. The van der Waals surface area contributed by atoms with Gasteiger partial charge in [-0.2, -0.15) is 0 Å². The monoisotopic (exact) mass is 255 g/mol. The number of anilines is 1. The molecule has 1 nitrogen and oxygen atoms in total. The molecule has 92 valence electrons. The van der Waals surface area contributed by atoms with Crippen LogP contribution in [0.15, 0.2) is 59.5 Å². The summed E-state index contributed by atoms with van der Waals surface area (Å²) in [5, 5.41) is 0.543. The molecule has 0 aliphatic carbocycles. The van der Waals surface area contributed by atoms with Crippen molar-refractivity contribution in [1.29, 1.82) is 0 Å². The highest BCUT2D eigenvalue weighted by atomic mass is 32.2. The Morgan fingerprint density at radius 3 is 2.56 bits per heavy atom. The van der Waals surface area contributed by atoms with E-state index in [1.165, 1.54) is 16.1 Å². The molecule has 1 aliphatic rings. The molecule has 1 atom stereocenters. The number of nitrogens with zero attached hydrogens (tertiary/aromatic N) is 1. The highest BCUT2D eigenvalue weighted by Crippen LogP contribution is 2.45. The van der Waals surface area contributed by atoms with E-state index in [1.807, 2.05) is 11.8 Å². The number of hydrogen-bond acceptors (Lipinski definition) is 2. The van der Waals surface area contributed by atoms with Crippen molar-refractivity contribution in [3.8, 4) is 0 Å². The van der Waals surface area contributed by atoms with E-state index in [9.17, 15) is 0 Å². The van der Waals surface area contributed by atoms with Gasteiger partial charge in [0.2, 0.25) is 0 Å². The van der Waals surface area contributed by atoms with E-state index in [0.717, 1.165) is 13.1 Å². The first kappa shape index (κ1) is 11.7. The summed E-state index contributed by atoms with van der Waals surface area (Å²) in [5.41, 5.74) is 2.81. The first-order chi connectivity index (χ1) is 8.88. The molecular weight excluding hydrogens is 238 g/mol. The highest BCUT2D eigenvalue weighted by molar-refractivity contribution is 7.99. The molecule has 0 saturated carbocycles. The molecule has 1 unspecified atom stereocenters. The van der Waals surface area contributed by atoms with Crippen LogP contribution < -0.4 is 4.90 Å². The molecule has 18 heavy (non-hydrogen) atoms. The quantitative estimate of drug-likeness (QED) is 0.784. The molecule has 0 N–H and O–H groups in total. The van der Waals surface area contributed by atoms with Gasteiger partial charge in [0, 0.05) is 18.0 Å². The van der Waals surface area contributed by atoms with Crippen molar-refractivity contribution >= 4 is 17.4 Å². The van der Waals surface area contributed by atoms with Gasteiger partial charge in [0.05, 0.1) is 10.9 Å². The van der Waals surface area contributed by atoms with Crippen LogP contribution in [0, 0.1) is 0 Å². The van der Waals surface area contributed by atoms with E-state index in [-0.39, 0.29) is 0 Å². The molecule has 0 fully saturated rings. The lowest BCUT2D eigenvalue weighted by atomic mass is 10.1. The molecule has 2 aromatic rings. The Kier molecular flexibility index (Phi) is 3.28. The zero-order valence-electron chi connectivity index (χ0n) is 10.5. The second kappa shape index (κ2) is 5.07. The average Bonchev–Trinajstić information content (AvgIpc) is 2.47. The van der Waals surface area contributed by atoms with E-state index in [1.54, 1.807) is 0 Å². The normalized spacial score (nSPS) is 18.5. The van der Waals surface area contributed by atoms with Crippen LogP contribution in [-0.4, -0.2) is 13.1 Å². The van der Waals surface area contributed by atoms with Gasteiger partial charge in [-0.25, -0.2) is 0 Å². The maximum absolute atomic E-state index is 2.48. The van der Waals surface area contributed by atoms with Crippen LogP contribution in [0.5, 0.6) is 0 Å². The van der Waals surface area contributed by atoms with Gasteiger partial charge >= 0.3 is 0 Å². The Bertz CT molecular complexity index is 524. The van der Waals surface area contributed by atoms with Crippen molar-refractivity contribution in [3.05, 3.63) is 60.2 Å². The van der Waals surface area contributed by atoms with Crippen LogP contribution in [0.4, 0.5) is 5.69 Å². The van der Waals surface area contributed by atoms with Crippen LogP contribution in [-0.2, 0) is 0 Å².